The minimum Gasteiger partial charge on any atom is -0.271 e. The molecule has 0 amide bonds. The fourth-order valence-electron chi connectivity index (χ4n) is 2.85. The van der Waals surface area contributed by atoms with Crippen LogP contribution in [0.3, 0.4) is 0 Å². The molecular weight excluding hydrogens is 244 g/mol. The Morgan fingerprint density at radius 1 is 1.00 bits per heavy atom. The topological polar surface area (TPSA) is 38.0 Å². The number of nitrogens with one attached hydrogen (secondary N) is 1. The van der Waals surface area contributed by atoms with E-state index in [2.05, 4.69) is 44.4 Å². The fraction of sp³-hybridized carbons (Fsp3) is 0.667. The predicted molar refractivity (Wildman–Crippen MR) is 88.6 cm³/mol. The van der Waals surface area contributed by atoms with Crippen molar-refractivity contribution < 1.29 is 0 Å². The Kier molecular flexibility index (Phi) is 8.56. The van der Waals surface area contributed by atoms with Gasteiger partial charge in [0, 0.05) is 6.04 Å². The predicted octanol–water partition coefficient (Wildman–Crippen LogP) is 4.95. The number of hydrazine groups is 1. The molecule has 0 aromatic heterocycles. The minimum atomic E-state index is 0.297. The Bertz CT molecular complexity index is 374. The van der Waals surface area contributed by atoms with Gasteiger partial charge in [-0.1, -0.05) is 75.6 Å². The Hall–Kier alpha value is -0.860. The van der Waals surface area contributed by atoms with Gasteiger partial charge >= 0.3 is 0 Å². The summed E-state index contributed by atoms with van der Waals surface area (Å²) in [5, 5.41) is 0. The molecule has 2 heteroatoms. The highest BCUT2D eigenvalue weighted by Gasteiger charge is 2.11. The van der Waals surface area contributed by atoms with Gasteiger partial charge < -0.3 is 0 Å². The van der Waals surface area contributed by atoms with Gasteiger partial charge in [0.2, 0.25) is 0 Å². The van der Waals surface area contributed by atoms with Crippen LogP contribution < -0.4 is 11.3 Å². The summed E-state index contributed by atoms with van der Waals surface area (Å²) >= 11 is 0. The largest absolute Gasteiger partial charge is 0.271 e. The Morgan fingerprint density at radius 2 is 1.65 bits per heavy atom. The highest BCUT2D eigenvalue weighted by molar-refractivity contribution is 5.32. The summed E-state index contributed by atoms with van der Waals surface area (Å²) in [6.45, 7) is 6.58. The van der Waals surface area contributed by atoms with E-state index in [-0.39, 0.29) is 0 Å². The maximum atomic E-state index is 5.74. The van der Waals surface area contributed by atoms with E-state index in [0.29, 0.717) is 6.04 Å². The number of hydrogen-bond acceptors (Lipinski definition) is 2. The van der Waals surface area contributed by atoms with E-state index in [4.69, 9.17) is 5.84 Å². The standard InChI is InChI=1S/C18H32N2/c1-4-5-6-7-8-9-10-11-18(20-19)17-13-12-15(2)14-16(17)3/h12-14,18,20H,4-11,19H2,1-3H3. The normalized spacial score (nSPS) is 12.6. The van der Waals surface area contributed by atoms with Crippen LogP contribution in [0.5, 0.6) is 0 Å². The first kappa shape index (κ1) is 17.2. The van der Waals surface area contributed by atoms with Crippen LogP contribution in [0.2, 0.25) is 0 Å². The number of benzene rings is 1. The van der Waals surface area contributed by atoms with Gasteiger partial charge in [-0.05, 0) is 31.4 Å². The molecule has 0 bridgehead atoms. The van der Waals surface area contributed by atoms with Crippen molar-refractivity contribution in [2.45, 2.75) is 78.2 Å². The number of rotatable bonds is 10. The lowest BCUT2D eigenvalue weighted by molar-refractivity contribution is 0.474. The minimum absolute atomic E-state index is 0.297. The zero-order chi connectivity index (χ0) is 14.8. The first-order valence-corrected chi connectivity index (χ1v) is 8.22. The van der Waals surface area contributed by atoms with Crippen LogP contribution in [0.4, 0.5) is 0 Å². The van der Waals surface area contributed by atoms with E-state index in [1.54, 1.807) is 0 Å². The number of nitrogens with two attached hydrogens (primary N) is 1. The van der Waals surface area contributed by atoms with Crippen molar-refractivity contribution in [3.8, 4) is 0 Å². The molecule has 0 saturated carbocycles. The molecule has 0 saturated heterocycles. The lowest BCUT2D eigenvalue weighted by atomic mass is 9.95. The summed E-state index contributed by atoms with van der Waals surface area (Å²) in [4.78, 5) is 0. The van der Waals surface area contributed by atoms with Gasteiger partial charge in [-0.25, -0.2) is 0 Å². The molecule has 2 nitrogen and oxygen atoms in total. The molecule has 0 aliphatic carbocycles. The Morgan fingerprint density at radius 3 is 2.25 bits per heavy atom. The maximum Gasteiger partial charge on any atom is 0.0462 e. The molecule has 0 radical (unpaired) electrons. The van der Waals surface area contributed by atoms with Crippen molar-refractivity contribution in [2.24, 2.45) is 5.84 Å². The molecule has 1 aromatic carbocycles. The van der Waals surface area contributed by atoms with Crippen molar-refractivity contribution in [3.05, 3.63) is 34.9 Å². The van der Waals surface area contributed by atoms with Crippen LogP contribution >= 0.6 is 0 Å². The second-order valence-electron chi connectivity index (χ2n) is 5.99. The van der Waals surface area contributed by atoms with Gasteiger partial charge in [0.05, 0.1) is 0 Å². The Balaban J connectivity index is 2.32. The Labute approximate surface area is 125 Å². The van der Waals surface area contributed by atoms with Crippen LogP contribution in [0.15, 0.2) is 18.2 Å². The average molecular weight is 276 g/mol. The lowest BCUT2D eigenvalue weighted by Crippen LogP contribution is -2.28. The van der Waals surface area contributed by atoms with Crippen LogP contribution in [0.25, 0.3) is 0 Å². The van der Waals surface area contributed by atoms with Crippen LogP contribution in [-0.4, -0.2) is 0 Å². The van der Waals surface area contributed by atoms with Crippen molar-refractivity contribution in [3.63, 3.8) is 0 Å². The molecule has 3 N–H and O–H groups in total. The number of hydrogen-bond donors (Lipinski definition) is 2. The molecular formula is C18H32N2. The van der Waals surface area contributed by atoms with Gasteiger partial charge in [-0.15, -0.1) is 0 Å². The molecule has 0 aliphatic heterocycles. The van der Waals surface area contributed by atoms with Gasteiger partial charge in [0.15, 0.2) is 0 Å². The van der Waals surface area contributed by atoms with Gasteiger partial charge in [-0.2, -0.15) is 0 Å². The summed E-state index contributed by atoms with van der Waals surface area (Å²) in [6, 6.07) is 6.93. The monoisotopic (exact) mass is 276 g/mol. The van der Waals surface area contributed by atoms with Crippen LogP contribution in [0, 0.1) is 13.8 Å². The first-order chi connectivity index (χ1) is 9.69. The van der Waals surface area contributed by atoms with Gasteiger partial charge in [0.1, 0.15) is 0 Å². The fourth-order valence-corrected chi connectivity index (χ4v) is 2.85. The third-order valence-corrected chi connectivity index (χ3v) is 4.10. The van der Waals surface area contributed by atoms with Gasteiger partial charge in [-0.3, -0.25) is 11.3 Å². The molecule has 1 aromatic rings. The third kappa shape index (κ3) is 6.06. The second-order valence-corrected chi connectivity index (χ2v) is 5.99. The second kappa shape index (κ2) is 9.95. The summed E-state index contributed by atoms with van der Waals surface area (Å²) in [6.07, 6.45) is 10.6. The van der Waals surface area contributed by atoms with Crippen molar-refractivity contribution >= 4 is 0 Å². The highest BCUT2D eigenvalue weighted by atomic mass is 15.2. The summed E-state index contributed by atoms with van der Waals surface area (Å²) in [5.41, 5.74) is 7.00. The lowest BCUT2D eigenvalue weighted by Gasteiger charge is -2.19. The molecule has 1 atom stereocenters. The quantitative estimate of drug-likeness (QED) is 0.360. The highest BCUT2D eigenvalue weighted by Crippen LogP contribution is 2.23. The number of aryl methyl sites for hydroxylation is 2. The molecule has 114 valence electrons. The van der Waals surface area contributed by atoms with Crippen molar-refractivity contribution in [1.29, 1.82) is 0 Å². The van der Waals surface area contributed by atoms with E-state index in [1.165, 1.54) is 61.6 Å². The van der Waals surface area contributed by atoms with Crippen molar-refractivity contribution in [1.82, 2.24) is 5.43 Å². The zero-order valence-electron chi connectivity index (χ0n) is 13.5. The summed E-state index contributed by atoms with van der Waals surface area (Å²) < 4.78 is 0. The molecule has 1 unspecified atom stereocenters. The van der Waals surface area contributed by atoms with Gasteiger partial charge in [0.25, 0.3) is 0 Å². The molecule has 0 fully saturated rings. The van der Waals surface area contributed by atoms with Crippen LogP contribution in [0.1, 0.15) is 81.0 Å². The molecule has 0 spiro atoms. The van der Waals surface area contributed by atoms with E-state index in [1.807, 2.05) is 0 Å². The summed E-state index contributed by atoms with van der Waals surface area (Å²) in [7, 11) is 0. The van der Waals surface area contributed by atoms with E-state index in [0.717, 1.165) is 6.42 Å². The number of unbranched alkanes of at least 4 members (excludes halogenated alkanes) is 6. The zero-order valence-corrected chi connectivity index (χ0v) is 13.5. The molecule has 20 heavy (non-hydrogen) atoms. The first-order valence-electron chi connectivity index (χ1n) is 8.22. The SMILES string of the molecule is CCCCCCCCCC(NN)c1ccc(C)cc1C. The van der Waals surface area contributed by atoms with Crippen LogP contribution in [-0.2, 0) is 0 Å². The van der Waals surface area contributed by atoms with Crippen molar-refractivity contribution in [2.75, 3.05) is 0 Å². The molecule has 0 heterocycles. The van der Waals surface area contributed by atoms with E-state index >= 15 is 0 Å². The van der Waals surface area contributed by atoms with E-state index in [9.17, 15) is 0 Å². The molecule has 1 rings (SSSR count). The average Bonchev–Trinajstić information content (AvgIpc) is 2.43. The smallest absolute Gasteiger partial charge is 0.0462 e. The van der Waals surface area contributed by atoms with E-state index < -0.39 is 0 Å². The molecule has 0 aliphatic rings. The summed E-state index contributed by atoms with van der Waals surface area (Å²) in [5.74, 6) is 5.74. The third-order valence-electron chi connectivity index (χ3n) is 4.10. The maximum absolute atomic E-state index is 5.74.